The van der Waals surface area contributed by atoms with Crippen LogP contribution in [-0.2, 0) is 14.3 Å². The first-order valence-electron chi connectivity index (χ1n) is 9.82. The highest BCUT2D eigenvalue weighted by molar-refractivity contribution is 5.94. The number of likely N-dealkylation sites (N-methyl/N-ethyl adjacent to an activating group) is 1. The van der Waals surface area contributed by atoms with Gasteiger partial charge in [-0.25, -0.2) is 0 Å². The van der Waals surface area contributed by atoms with Crippen LogP contribution in [0, 0.1) is 5.92 Å². The first kappa shape index (κ1) is 19.4. The Morgan fingerprint density at radius 2 is 1.96 bits per heavy atom. The van der Waals surface area contributed by atoms with Crippen LogP contribution in [0.25, 0.3) is 0 Å². The Morgan fingerprint density at radius 1 is 1.22 bits per heavy atom. The Morgan fingerprint density at radius 3 is 2.59 bits per heavy atom. The van der Waals surface area contributed by atoms with Gasteiger partial charge in [-0.05, 0) is 49.9 Å². The highest BCUT2D eigenvalue weighted by atomic mass is 16.5. The van der Waals surface area contributed by atoms with Crippen LogP contribution in [-0.4, -0.2) is 56.1 Å². The van der Waals surface area contributed by atoms with E-state index in [-0.39, 0.29) is 18.4 Å². The number of hydrogen-bond donors (Lipinski definition) is 1. The molecule has 1 fully saturated rings. The number of nitrogens with zero attached hydrogens (tertiary/aromatic N) is 2. The zero-order chi connectivity index (χ0) is 19.1. The standard InChI is InChI=1S/C21H29N3O3/c1-2-23(21(26)15-17-5-3-4-6-17)16-20(25)22-18-7-9-19(10-8-18)24-11-13-27-14-12-24/h3,5,7-10,17H,2,4,6,11-16H2,1H3,(H,22,25)/t17-/m0/s1. The van der Waals surface area contributed by atoms with E-state index in [9.17, 15) is 9.59 Å². The number of rotatable bonds is 7. The Bertz CT molecular complexity index is 666. The minimum atomic E-state index is -0.161. The lowest BCUT2D eigenvalue weighted by atomic mass is 10.0. The molecule has 27 heavy (non-hydrogen) atoms. The molecular formula is C21H29N3O3. The molecule has 146 valence electrons. The molecule has 1 aromatic carbocycles. The van der Waals surface area contributed by atoms with Gasteiger partial charge in [-0.3, -0.25) is 9.59 Å². The van der Waals surface area contributed by atoms with Gasteiger partial charge in [0, 0.05) is 37.4 Å². The van der Waals surface area contributed by atoms with Crippen molar-refractivity contribution in [3.63, 3.8) is 0 Å². The second-order valence-electron chi connectivity index (χ2n) is 7.07. The van der Waals surface area contributed by atoms with E-state index in [0.29, 0.717) is 18.9 Å². The van der Waals surface area contributed by atoms with Crippen molar-refractivity contribution in [2.24, 2.45) is 5.92 Å². The predicted octanol–water partition coefficient (Wildman–Crippen LogP) is 2.67. The van der Waals surface area contributed by atoms with Gasteiger partial charge >= 0.3 is 0 Å². The van der Waals surface area contributed by atoms with Gasteiger partial charge in [0.15, 0.2) is 0 Å². The zero-order valence-corrected chi connectivity index (χ0v) is 16.0. The summed E-state index contributed by atoms with van der Waals surface area (Å²) in [5.74, 6) is 0.209. The largest absolute Gasteiger partial charge is 0.378 e. The van der Waals surface area contributed by atoms with Crippen molar-refractivity contribution in [1.29, 1.82) is 0 Å². The normalized spacial score (nSPS) is 19.1. The van der Waals surface area contributed by atoms with Crippen LogP contribution in [0.2, 0.25) is 0 Å². The molecule has 2 aliphatic rings. The van der Waals surface area contributed by atoms with E-state index >= 15 is 0 Å². The van der Waals surface area contributed by atoms with Crippen molar-refractivity contribution in [2.75, 3.05) is 49.6 Å². The van der Waals surface area contributed by atoms with Crippen molar-refractivity contribution < 1.29 is 14.3 Å². The number of carbonyl (C=O) groups is 2. The van der Waals surface area contributed by atoms with Gasteiger partial charge in [0.2, 0.25) is 11.8 Å². The monoisotopic (exact) mass is 371 g/mol. The van der Waals surface area contributed by atoms with Crippen LogP contribution in [0.5, 0.6) is 0 Å². The topological polar surface area (TPSA) is 61.9 Å². The fourth-order valence-electron chi connectivity index (χ4n) is 3.55. The lowest BCUT2D eigenvalue weighted by Crippen LogP contribution is -2.38. The Balaban J connectivity index is 1.49. The van der Waals surface area contributed by atoms with Crippen LogP contribution in [0.1, 0.15) is 26.2 Å². The van der Waals surface area contributed by atoms with Crippen molar-refractivity contribution >= 4 is 23.2 Å². The number of allylic oxidation sites excluding steroid dienone is 2. The van der Waals surface area contributed by atoms with Gasteiger partial charge < -0.3 is 19.9 Å². The maximum atomic E-state index is 12.4. The maximum absolute atomic E-state index is 12.4. The number of anilines is 2. The van der Waals surface area contributed by atoms with Gasteiger partial charge in [0.1, 0.15) is 0 Å². The third-order valence-corrected chi connectivity index (χ3v) is 5.15. The Labute approximate surface area is 161 Å². The molecule has 0 bridgehead atoms. The molecule has 0 radical (unpaired) electrons. The first-order chi connectivity index (χ1) is 13.2. The van der Waals surface area contributed by atoms with Gasteiger partial charge in [-0.1, -0.05) is 12.2 Å². The van der Waals surface area contributed by atoms with Crippen LogP contribution in [0.15, 0.2) is 36.4 Å². The predicted molar refractivity (Wildman–Crippen MR) is 107 cm³/mol. The third kappa shape index (κ3) is 5.57. The quantitative estimate of drug-likeness (QED) is 0.749. The second kappa shape index (κ2) is 9.55. The van der Waals surface area contributed by atoms with E-state index in [4.69, 9.17) is 4.74 Å². The maximum Gasteiger partial charge on any atom is 0.243 e. The lowest BCUT2D eigenvalue weighted by molar-refractivity contribution is -0.135. The number of morpholine rings is 1. The summed E-state index contributed by atoms with van der Waals surface area (Å²) in [6.45, 7) is 5.80. The molecular weight excluding hydrogens is 342 g/mol. The van der Waals surface area contributed by atoms with Crippen molar-refractivity contribution in [2.45, 2.75) is 26.2 Å². The van der Waals surface area contributed by atoms with Gasteiger partial charge in [0.25, 0.3) is 0 Å². The average molecular weight is 371 g/mol. The number of benzene rings is 1. The Kier molecular flexibility index (Phi) is 6.87. The summed E-state index contributed by atoms with van der Waals surface area (Å²) in [4.78, 5) is 28.7. The summed E-state index contributed by atoms with van der Waals surface area (Å²) in [7, 11) is 0. The number of hydrogen-bond acceptors (Lipinski definition) is 4. The minimum Gasteiger partial charge on any atom is -0.378 e. The molecule has 1 heterocycles. The third-order valence-electron chi connectivity index (χ3n) is 5.15. The molecule has 0 unspecified atom stereocenters. The molecule has 3 rings (SSSR count). The summed E-state index contributed by atoms with van der Waals surface area (Å²) in [5, 5.41) is 2.90. The number of nitrogens with one attached hydrogen (secondary N) is 1. The summed E-state index contributed by atoms with van der Waals surface area (Å²) in [6.07, 6.45) is 6.81. The van der Waals surface area contributed by atoms with Crippen LogP contribution in [0.4, 0.5) is 11.4 Å². The number of carbonyl (C=O) groups excluding carboxylic acids is 2. The van der Waals surface area contributed by atoms with Crippen LogP contribution < -0.4 is 10.2 Å². The van der Waals surface area contributed by atoms with E-state index in [1.165, 1.54) is 0 Å². The first-order valence-corrected chi connectivity index (χ1v) is 9.82. The summed E-state index contributed by atoms with van der Waals surface area (Å²) in [6, 6.07) is 7.83. The molecule has 1 aliphatic carbocycles. The van der Waals surface area contributed by atoms with Crippen LogP contribution in [0.3, 0.4) is 0 Å². The minimum absolute atomic E-state index is 0.0480. The van der Waals surface area contributed by atoms with E-state index in [2.05, 4.69) is 22.4 Å². The molecule has 0 aromatic heterocycles. The summed E-state index contributed by atoms with van der Waals surface area (Å²) < 4.78 is 5.37. The second-order valence-corrected chi connectivity index (χ2v) is 7.07. The number of amides is 2. The fraction of sp³-hybridized carbons (Fsp3) is 0.524. The van der Waals surface area contributed by atoms with Crippen molar-refractivity contribution in [3.05, 3.63) is 36.4 Å². The van der Waals surface area contributed by atoms with Gasteiger partial charge in [-0.15, -0.1) is 0 Å². The van der Waals surface area contributed by atoms with Crippen LogP contribution >= 0.6 is 0 Å². The molecule has 6 nitrogen and oxygen atoms in total. The number of ether oxygens (including phenoxy) is 1. The molecule has 6 heteroatoms. The summed E-state index contributed by atoms with van der Waals surface area (Å²) in [5.41, 5.74) is 1.88. The highest BCUT2D eigenvalue weighted by Crippen LogP contribution is 2.21. The van der Waals surface area contributed by atoms with E-state index in [1.807, 2.05) is 31.2 Å². The molecule has 1 aliphatic heterocycles. The highest BCUT2D eigenvalue weighted by Gasteiger charge is 2.20. The molecule has 0 saturated carbocycles. The SMILES string of the molecule is CCN(CC(=O)Nc1ccc(N2CCOCC2)cc1)C(=O)C[C@H]1C=CCC1. The van der Waals surface area contributed by atoms with E-state index < -0.39 is 0 Å². The van der Waals surface area contributed by atoms with Crippen molar-refractivity contribution in [1.82, 2.24) is 4.90 Å². The molecule has 2 amide bonds. The van der Waals surface area contributed by atoms with E-state index in [0.717, 1.165) is 50.5 Å². The fourth-order valence-corrected chi connectivity index (χ4v) is 3.55. The van der Waals surface area contributed by atoms with Crippen molar-refractivity contribution in [3.8, 4) is 0 Å². The van der Waals surface area contributed by atoms with Gasteiger partial charge in [0.05, 0.1) is 19.8 Å². The zero-order valence-electron chi connectivity index (χ0n) is 16.0. The molecule has 1 aromatic rings. The molecule has 1 N–H and O–H groups in total. The molecule has 0 spiro atoms. The molecule has 1 saturated heterocycles. The average Bonchev–Trinajstić information content (AvgIpc) is 3.20. The van der Waals surface area contributed by atoms with E-state index in [1.54, 1.807) is 4.90 Å². The summed E-state index contributed by atoms with van der Waals surface area (Å²) >= 11 is 0. The molecule has 1 atom stereocenters. The smallest absolute Gasteiger partial charge is 0.243 e. The lowest BCUT2D eigenvalue weighted by Gasteiger charge is -2.29. The Hall–Kier alpha value is -2.34. The van der Waals surface area contributed by atoms with Gasteiger partial charge in [-0.2, -0.15) is 0 Å².